The second-order valence-corrected chi connectivity index (χ2v) is 4.49. The van der Waals surface area contributed by atoms with Crippen molar-refractivity contribution in [1.82, 2.24) is 15.0 Å². The largest absolute Gasteiger partial charge is 0.381 e. The summed E-state index contributed by atoms with van der Waals surface area (Å²) in [5.74, 6) is 0.0590. The Labute approximate surface area is 103 Å². The van der Waals surface area contributed by atoms with Gasteiger partial charge in [-0.2, -0.15) is 0 Å². The molecule has 4 nitrogen and oxygen atoms in total. The molecule has 0 saturated carbocycles. The molecule has 90 valence electrons. The van der Waals surface area contributed by atoms with Gasteiger partial charge >= 0.3 is 0 Å². The van der Waals surface area contributed by atoms with Crippen molar-refractivity contribution in [3.63, 3.8) is 0 Å². The first-order valence-electron chi connectivity index (χ1n) is 5.16. The standard InChI is InChI=1S/C11H12ClFN4/c1-6(2)10-11(14)15-16-17(10)9-4-7(12)3-8(13)5-9/h3-6H,14H2,1-2H3. The number of halogens is 2. The van der Waals surface area contributed by atoms with E-state index in [4.69, 9.17) is 17.3 Å². The summed E-state index contributed by atoms with van der Waals surface area (Å²) in [4.78, 5) is 0. The molecule has 0 bridgehead atoms. The first kappa shape index (κ1) is 11.9. The van der Waals surface area contributed by atoms with E-state index in [0.717, 1.165) is 5.69 Å². The topological polar surface area (TPSA) is 56.7 Å². The average molecular weight is 255 g/mol. The van der Waals surface area contributed by atoms with Crippen LogP contribution < -0.4 is 5.73 Å². The molecule has 0 atom stereocenters. The maximum Gasteiger partial charge on any atom is 0.169 e. The molecule has 1 aromatic heterocycles. The van der Waals surface area contributed by atoms with E-state index < -0.39 is 5.82 Å². The van der Waals surface area contributed by atoms with Crippen molar-refractivity contribution in [2.75, 3.05) is 5.73 Å². The quantitative estimate of drug-likeness (QED) is 0.897. The smallest absolute Gasteiger partial charge is 0.169 e. The van der Waals surface area contributed by atoms with Gasteiger partial charge in [-0.15, -0.1) is 5.10 Å². The molecule has 0 aliphatic rings. The van der Waals surface area contributed by atoms with Crippen LogP contribution in [0.15, 0.2) is 18.2 Å². The Balaban J connectivity index is 2.60. The van der Waals surface area contributed by atoms with Gasteiger partial charge in [-0.1, -0.05) is 30.7 Å². The van der Waals surface area contributed by atoms with E-state index in [1.807, 2.05) is 13.8 Å². The number of anilines is 1. The highest BCUT2D eigenvalue weighted by molar-refractivity contribution is 6.30. The summed E-state index contributed by atoms with van der Waals surface area (Å²) in [5.41, 5.74) is 6.99. The van der Waals surface area contributed by atoms with Crippen LogP contribution in [-0.4, -0.2) is 15.0 Å². The molecule has 0 aliphatic carbocycles. The molecule has 0 saturated heterocycles. The summed E-state index contributed by atoms with van der Waals surface area (Å²) in [7, 11) is 0. The van der Waals surface area contributed by atoms with Crippen LogP contribution in [0, 0.1) is 5.82 Å². The van der Waals surface area contributed by atoms with Crippen LogP contribution in [0.3, 0.4) is 0 Å². The lowest BCUT2D eigenvalue weighted by Crippen LogP contribution is -2.05. The molecular formula is C11H12ClFN4. The van der Waals surface area contributed by atoms with E-state index >= 15 is 0 Å². The number of hydrogen-bond donors (Lipinski definition) is 1. The third-order valence-electron chi connectivity index (χ3n) is 2.37. The minimum atomic E-state index is -0.420. The first-order valence-corrected chi connectivity index (χ1v) is 5.54. The number of benzene rings is 1. The summed E-state index contributed by atoms with van der Waals surface area (Å²) in [6, 6.07) is 4.19. The summed E-state index contributed by atoms with van der Waals surface area (Å²) >= 11 is 5.81. The fourth-order valence-electron chi connectivity index (χ4n) is 1.69. The molecule has 0 fully saturated rings. The van der Waals surface area contributed by atoms with Crippen LogP contribution in [-0.2, 0) is 0 Å². The fraction of sp³-hybridized carbons (Fsp3) is 0.273. The Bertz CT molecular complexity index is 530. The van der Waals surface area contributed by atoms with Gasteiger partial charge in [0.2, 0.25) is 0 Å². The number of hydrogen-bond acceptors (Lipinski definition) is 3. The van der Waals surface area contributed by atoms with Gasteiger partial charge in [0.1, 0.15) is 5.82 Å². The SMILES string of the molecule is CC(C)c1c(N)nnn1-c1cc(F)cc(Cl)c1. The number of nitrogens with two attached hydrogens (primary N) is 1. The first-order chi connectivity index (χ1) is 7.99. The number of aromatic nitrogens is 3. The lowest BCUT2D eigenvalue weighted by atomic mass is 10.1. The maximum atomic E-state index is 13.3. The van der Waals surface area contributed by atoms with Gasteiger partial charge in [0, 0.05) is 5.02 Å². The highest BCUT2D eigenvalue weighted by Gasteiger charge is 2.15. The van der Waals surface area contributed by atoms with Gasteiger partial charge in [-0.05, 0) is 24.1 Å². The van der Waals surface area contributed by atoms with E-state index in [9.17, 15) is 4.39 Å². The predicted octanol–water partition coefficient (Wildman–Crippen LogP) is 2.77. The maximum absolute atomic E-state index is 13.3. The molecule has 2 N–H and O–H groups in total. The molecule has 0 unspecified atom stereocenters. The van der Waals surface area contributed by atoms with Crippen molar-refractivity contribution in [2.24, 2.45) is 0 Å². The summed E-state index contributed by atoms with van der Waals surface area (Å²) < 4.78 is 14.8. The molecule has 6 heteroatoms. The average Bonchev–Trinajstić information content (AvgIpc) is 2.58. The lowest BCUT2D eigenvalue weighted by molar-refractivity contribution is 0.622. The molecule has 0 radical (unpaired) electrons. The molecule has 0 spiro atoms. The van der Waals surface area contributed by atoms with E-state index in [1.165, 1.54) is 16.8 Å². The number of nitrogen functional groups attached to an aromatic ring is 1. The van der Waals surface area contributed by atoms with Gasteiger partial charge in [-0.3, -0.25) is 0 Å². The molecule has 2 aromatic rings. The van der Waals surface area contributed by atoms with Crippen molar-refractivity contribution in [1.29, 1.82) is 0 Å². The third kappa shape index (κ3) is 2.24. The van der Waals surface area contributed by atoms with E-state index in [-0.39, 0.29) is 5.92 Å². The van der Waals surface area contributed by atoms with Crippen molar-refractivity contribution in [2.45, 2.75) is 19.8 Å². The van der Waals surface area contributed by atoms with Crippen LogP contribution in [0.5, 0.6) is 0 Å². The highest BCUT2D eigenvalue weighted by Crippen LogP contribution is 2.24. The number of rotatable bonds is 2. The molecule has 1 aromatic carbocycles. The summed E-state index contributed by atoms with van der Waals surface area (Å²) in [6.07, 6.45) is 0. The van der Waals surface area contributed by atoms with Crippen molar-refractivity contribution >= 4 is 17.4 Å². The second-order valence-electron chi connectivity index (χ2n) is 4.05. The Kier molecular flexibility index (Phi) is 3.02. The van der Waals surface area contributed by atoms with Gasteiger partial charge in [-0.25, -0.2) is 9.07 Å². The zero-order valence-corrected chi connectivity index (χ0v) is 10.2. The van der Waals surface area contributed by atoms with Crippen molar-refractivity contribution in [3.05, 3.63) is 34.7 Å². The second kappa shape index (κ2) is 4.33. The van der Waals surface area contributed by atoms with Crippen LogP contribution in [0.2, 0.25) is 5.02 Å². The monoisotopic (exact) mass is 254 g/mol. The van der Waals surface area contributed by atoms with E-state index in [2.05, 4.69) is 10.3 Å². The van der Waals surface area contributed by atoms with Crippen molar-refractivity contribution < 1.29 is 4.39 Å². The van der Waals surface area contributed by atoms with Crippen molar-refractivity contribution in [3.8, 4) is 5.69 Å². The Morgan fingerprint density at radius 1 is 1.35 bits per heavy atom. The molecule has 2 rings (SSSR count). The molecule has 17 heavy (non-hydrogen) atoms. The minimum Gasteiger partial charge on any atom is -0.381 e. The van der Waals surface area contributed by atoms with E-state index in [1.54, 1.807) is 6.07 Å². The predicted molar refractivity (Wildman–Crippen MR) is 64.8 cm³/mol. The summed E-state index contributed by atoms with van der Waals surface area (Å²) in [6.45, 7) is 3.93. The molecule has 0 aliphatic heterocycles. The van der Waals surface area contributed by atoms with Crippen LogP contribution in [0.4, 0.5) is 10.2 Å². The molecular weight excluding hydrogens is 243 g/mol. The van der Waals surface area contributed by atoms with Gasteiger partial charge in [0.15, 0.2) is 5.82 Å². The lowest BCUT2D eigenvalue weighted by Gasteiger charge is -2.09. The Hall–Kier alpha value is -1.62. The molecule has 1 heterocycles. The third-order valence-corrected chi connectivity index (χ3v) is 2.59. The number of nitrogens with zero attached hydrogens (tertiary/aromatic N) is 3. The fourth-order valence-corrected chi connectivity index (χ4v) is 1.91. The van der Waals surface area contributed by atoms with Crippen LogP contribution in [0.1, 0.15) is 25.5 Å². The zero-order chi connectivity index (χ0) is 12.6. The highest BCUT2D eigenvalue weighted by atomic mass is 35.5. The molecule has 0 amide bonds. The minimum absolute atomic E-state index is 0.132. The normalized spacial score (nSPS) is 11.1. The van der Waals surface area contributed by atoms with Crippen LogP contribution >= 0.6 is 11.6 Å². The van der Waals surface area contributed by atoms with Gasteiger partial charge in [0.05, 0.1) is 11.4 Å². The van der Waals surface area contributed by atoms with Gasteiger partial charge in [0.25, 0.3) is 0 Å². The van der Waals surface area contributed by atoms with Gasteiger partial charge < -0.3 is 5.73 Å². The van der Waals surface area contributed by atoms with E-state index in [0.29, 0.717) is 16.5 Å². The Morgan fingerprint density at radius 3 is 2.65 bits per heavy atom. The zero-order valence-electron chi connectivity index (χ0n) is 9.48. The Morgan fingerprint density at radius 2 is 2.06 bits per heavy atom. The van der Waals surface area contributed by atoms with Crippen LogP contribution in [0.25, 0.3) is 5.69 Å². The summed E-state index contributed by atoms with van der Waals surface area (Å²) in [5, 5.41) is 8.01.